The molecule has 0 aliphatic carbocycles. The predicted octanol–water partition coefficient (Wildman–Crippen LogP) is 4.58. The van der Waals surface area contributed by atoms with Crippen molar-refractivity contribution in [1.82, 2.24) is 9.97 Å². The van der Waals surface area contributed by atoms with E-state index in [1.54, 1.807) is 36.4 Å². The fraction of sp³-hybridized carbons (Fsp3) is 0.0909. The van der Waals surface area contributed by atoms with Crippen molar-refractivity contribution in [2.75, 3.05) is 16.7 Å². The van der Waals surface area contributed by atoms with Crippen LogP contribution in [0.3, 0.4) is 0 Å². The number of hydrogen-bond acceptors (Lipinski definition) is 4. The molecule has 0 atom stereocenters. The number of para-hydroxylation sites is 1. The highest BCUT2D eigenvalue weighted by atomic mass is 32.2. The van der Waals surface area contributed by atoms with Gasteiger partial charge in [-0.25, -0.2) is 22.2 Å². The van der Waals surface area contributed by atoms with Crippen LogP contribution in [-0.4, -0.2) is 31.3 Å². The zero-order valence-corrected chi connectivity index (χ0v) is 17.6. The standard InChI is InChI=1S/C22H18F2N4O3S/c1-28(16-7-3-2-4-8-16)32(30,31)17-9-5-6-15(13-17)25-22(29)14-10-11-18-19(12-14)27-21(26-18)20(23)24/h2-13,20H,1H3,(H,25,29)(H,26,27). The first-order valence-electron chi connectivity index (χ1n) is 9.49. The molecule has 1 heterocycles. The topological polar surface area (TPSA) is 95.2 Å². The number of fused-ring (bicyclic) bond motifs is 1. The molecule has 7 nitrogen and oxygen atoms in total. The van der Waals surface area contributed by atoms with Crippen LogP contribution < -0.4 is 9.62 Å². The number of sulfonamides is 1. The second kappa shape index (κ2) is 8.39. The van der Waals surface area contributed by atoms with Crippen molar-refractivity contribution in [3.05, 3.63) is 84.2 Å². The largest absolute Gasteiger partial charge is 0.337 e. The molecule has 0 unspecified atom stereocenters. The average Bonchev–Trinajstić information content (AvgIpc) is 3.23. The van der Waals surface area contributed by atoms with Gasteiger partial charge >= 0.3 is 0 Å². The lowest BCUT2D eigenvalue weighted by molar-refractivity contribution is 0.102. The first-order valence-corrected chi connectivity index (χ1v) is 10.9. The zero-order valence-electron chi connectivity index (χ0n) is 16.8. The van der Waals surface area contributed by atoms with Crippen LogP contribution in [-0.2, 0) is 10.0 Å². The third kappa shape index (κ3) is 4.17. The Morgan fingerprint density at radius 1 is 1.03 bits per heavy atom. The molecule has 1 aromatic heterocycles. The molecule has 0 fully saturated rings. The van der Waals surface area contributed by atoms with Crippen LogP contribution in [0, 0.1) is 0 Å². The third-order valence-electron chi connectivity index (χ3n) is 4.84. The SMILES string of the molecule is CN(c1ccccc1)S(=O)(=O)c1cccc(NC(=O)c2ccc3nc(C(F)F)[nH]c3c2)c1. The van der Waals surface area contributed by atoms with Crippen LogP contribution in [0.25, 0.3) is 11.0 Å². The molecule has 0 saturated heterocycles. The maximum Gasteiger partial charge on any atom is 0.295 e. The summed E-state index contributed by atoms with van der Waals surface area (Å²) in [6, 6.07) is 18.8. The van der Waals surface area contributed by atoms with E-state index in [4.69, 9.17) is 0 Å². The van der Waals surface area contributed by atoms with E-state index >= 15 is 0 Å². The summed E-state index contributed by atoms with van der Waals surface area (Å²) in [6.45, 7) is 0. The second-order valence-electron chi connectivity index (χ2n) is 6.94. The fourth-order valence-corrected chi connectivity index (χ4v) is 4.39. The lowest BCUT2D eigenvalue weighted by atomic mass is 10.2. The number of halogens is 2. The van der Waals surface area contributed by atoms with Crippen LogP contribution >= 0.6 is 0 Å². The molecular weight excluding hydrogens is 438 g/mol. The number of H-pyrrole nitrogens is 1. The highest BCUT2D eigenvalue weighted by molar-refractivity contribution is 7.92. The maximum absolute atomic E-state index is 13.0. The Hall–Kier alpha value is -3.79. The Balaban J connectivity index is 1.57. The Bertz CT molecular complexity index is 1390. The number of carbonyl (C=O) groups is 1. The van der Waals surface area contributed by atoms with E-state index < -0.39 is 28.2 Å². The molecule has 4 aromatic rings. The number of nitrogens with one attached hydrogen (secondary N) is 2. The van der Waals surface area contributed by atoms with Gasteiger partial charge in [-0.3, -0.25) is 9.10 Å². The van der Waals surface area contributed by atoms with Gasteiger partial charge in [0, 0.05) is 18.3 Å². The van der Waals surface area contributed by atoms with Gasteiger partial charge in [-0.2, -0.15) is 0 Å². The maximum atomic E-state index is 13.0. The van der Waals surface area contributed by atoms with Crippen molar-refractivity contribution < 1.29 is 22.0 Å². The fourth-order valence-electron chi connectivity index (χ4n) is 3.15. The van der Waals surface area contributed by atoms with E-state index in [0.717, 1.165) is 4.31 Å². The number of nitrogens with zero attached hydrogens (tertiary/aromatic N) is 2. The number of aromatic nitrogens is 2. The van der Waals surface area contributed by atoms with E-state index in [2.05, 4.69) is 15.3 Å². The molecule has 0 spiro atoms. The highest BCUT2D eigenvalue weighted by Crippen LogP contribution is 2.25. The molecule has 10 heteroatoms. The number of benzene rings is 3. The van der Waals surface area contributed by atoms with E-state index in [-0.39, 0.29) is 16.1 Å². The van der Waals surface area contributed by atoms with Crippen molar-refractivity contribution in [2.24, 2.45) is 0 Å². The summed E-state index contributed by atoms with van der Waals surface area (Å²) in [4.78, 5) is 18.9. The second-order valence-corrected chi connectivity index (χ2v) is 8.91. The normalized spacial score (nSPS) is 11.6. The number of hydrogen-bond donors (Lipinski definition) is 2. The summed E-state index contributed by atoms with van der Waals surface area (Å²) < 4.78 is 52.8. The summed E-state index contributed by atoms with van der Waals surface area (Å²) in [5, 5.41) is 2.64. The van der Waals surface area contributed by atoms with Gasteiger partial charge in [0.25, 0.3) is 22.4 Å². The third-order valence-corrected chi connectivity index (χ3v) is 6.62. The minimum Gasteiger partial charge on any atom is -0.337 e. The van der Waals surface area contributed by atoms with Crippen molar-refractivity contribution in [3.8, 4) is 0 Å². The van der Waals surface area contributed by atoms with Gasteiger partial charge in [0.2, 0.25) is 0 Å². The van der Waals surface area contributed by atoms with Crippen molar-refractivity contribution in [2.45, 2.75) is 11.3 Å². The quantitative estimate of drug-likeness (QED) is 0.444. The van der Waals surface area contributed by atoms with Crippen LogP contribution in [0.15, 0.2) is 77.7 Å². The van der Waals surface area contributed by atoms with E-state index in [1.807, 2.05) is 0 Å². The first kappa shape index (κ1) is 21.4. The first-order chi connectivity index (χ1) is 15.3. The van der Waals surface area contributed by atoms with Crippen LogP contribution in [0.4, 0.5) is 20.2 Å². The zero-order chi connectivity index (χ0) is 22.9. The van der Waals surface area contributed by atoms with E-state index in [9.17, 15) is 22.0 Å². The number of carbonyl (C=O) groups excluding carboxylic acids is 1. The molecule has 1 amide bonds. The Kier molecular flexibility index (Phi) is 5.62. The van der Waals surface area contributed by atoms with Gasteiger partial charge in [0.1, 0.15) is 0 Å². The van der Waals surface area contributed by atoms with E-state index in [0.29, 0.717) is 16.7 Å². The summed E-state index contributed by atoms with van der Waals surface area (Å²) in [5.74, 6) is -0.996. The van der Waals surface area contributed by atoms with Crippen LogP contribution in [0.5, 0.6) is 0 Å². The monoisotopic (exact) mass is 456 g/mol. The smallest absolute Gasteiger partial charge is 0.295 e. The van der Waals surface area contributed by atoms with Crippen molar-refractivity contribution in [3.63, 3.8) is 0 Å². The minimum absolute atomic E-state index is 0.00671. The van der Waals surface area contributed by atoms with Gasteiger partial charge < -0.3 is 10.3 Å². The molecule has 3 aromatic carbocycles. The van der Waals surface area contributed by atoms with Crippen LogP contribution in [0.1, 0.15) is 22.6 Å². The molecule has 0 saturated carbocycles. The van der Waals surface area contributed by atoms with Crippen molar-refractivity contribution in [1.29, 1.82) is 0 Å². The minimum atomic E-state index is -3.85. The predicted molar refractivity (Wildman–Crippen MR) is 117 cm³/mol. The van der Waals surface area contributed by atoms with Crippen LogP contribution in [0.2, 0.25) is 0 Å². The van der Waals surface area contributed by atoms with E-state index in [1.165, 1.54) is 43.4 Å². The molecule has 4 rings (SSSR count). The number of aromatic amines is 1. The van der Waals surface area contributed by atoms with Crippen molar-refractivity contribution >= 4 is 38.3 Å². The van der Waals surface area contributed by atoms with Gasteiger partial charge in [-0.15, -0.1) is 0 Å². The lowest BCUT2D eigenvalue weighted by Crippen LogP contribution is -2.26. The summed E-state index contributed by atoms with van der Waals surface area (Å²) in [7, 11) is -2.40. The highest BCUT2D eigenvalue weighted by Gasteiger charge is 2.22. The molecular formula is C22H18F2N4O3S. The molecule has 32 heavy (non-hydrogen) atoms. The average molecular weight is 456 g/mol. The summed E-state index contributed by atoms with van der Waals surface area (Å²) in [6.07, 6.45) is -2.75. The Labute approximate surface area is 182 Å². The van der Waals surface area contributed by atoms with Gasteiger partial charge in [0.15, 0.2) is 5.82 Å². The Morgan fingerprint density at radius 2 is 1.78 bits per heavy atom. The Morgan fingerprint density at radius 3 is 2.50 bits per heavy atom. The molecule has 0 aliphatic rings. The number of imidazole rings is 1. The van der Waals surface area contributed by atoms with Gasteiger partial charge in [-0.1, -0.05) is 24.3 Å². The lowest BCUT2D eigenvalue weighted by Gasteiger charge is -2.19. The number of anilines is 2. The molecule has 164 valence electrons. The number of amides is 1. The van der Waals surface area contributed by atoms with Gasteiger partial charge in [0.05, 0.1) is 21.6 Å². The molecule has 2 N–H and O–H groups in total. The number of rotatable bonds is 6. The molecule has 0 bridgehead atoms. The molecule has 0 aliphatic heterocycles. The summed E-state index contributed by atoms with van der Waals surface area (Å²) in [5.41, 5.74) is 1.59. The number of alkyl halides is 2. The van der Waals surface area contributed by atoms with Gasteiger partial charge in [-0.05, 0) is 48.5 Å². The molecule has 0 radical (unpaired) electrons. The summed E-state index contributed by atoms with van der Waals surface area (Å²) >= 11 is 0.